The van der Waals surface area contributed by atoms with Crippen molar-refractivity contribution < 1.29 is 18.7 Å². The zero-order valence-corrected chi connectivity index (χ0v) is 18.5. The molecule has 1 aliphatic rings. The summed E-state index contributed by atoms with van der Waals surface area (Å²) in [4.78, 5) is 4.21. The van der Waals surface area contributed by atoms with E-state index in [4.69, 9.17) is 18.7 Å². The van der Waals surface area contributed by atoms with Crippen LogP contribution < -0.4 is 4.74 Å². The molecule has 174 valence electrons. The van der Waals surface area contributed by atoms with Crippen LogP contribution in [0, 0.1) is 0 Å². The average Bonchev–Trinajstić information content (AvgIpc) is 3.61. The van der Waals surface area contributed by atoms with E-state index >= 15 is 0 Å². The van der Waals surface area contributed by atoms with Gasteiger partial charge in [-0.25, -0.2) is 4.98 Å². The standard InChI is InChI=1S/C22H22N8O4/c1-29-13-23-18(26-29)12-33-22-16-7-3-2-6-15(16)20-24-25-21(30(20)27-22)17-10-14(34-28-17)11-32-19-8-4-5-9-31-19/h2-3,6-7,10,13,19H,4-5,8-9,11-12H2,1H3. The number of rotatable bonds is 7. The lowest BCUT2D eigenvalue weighted by atomic mass is 10.2. The molecule has 5 aromatic rings. The van der Waals surface area contributed by atoms with E-state index in [2.05, 4.69) is 30.5 Å². The van der Waals surface area contributed by atoms with Crippen molar-refractivity contribution in [1.29, 1.82) is 0 Å². The smallest absolute Gasteiger partial charge is 0.240 e. The molecule has 0 aliphatic carbocycles. The largest absolute Gasteiger partial charge is 0.468 e. The van der Waals surface area contributed by atoms with E-state index in [1.807, 2.05) is 24.3 Å². The van der Waals surface area contributed by atoms with Crippen molar-refractivity contribution in [2.45, 2.75) is 38.8 Å². The van der Waals surface area contributed by atoms with Crippen LogP contribution in [0.25, 0.3) is 27.9 Å². The molecule has 0 N–H and O–H groups in total. The highest BCUT2D eigenvalue weighted by Crippen LogP contribution is 2.29. The molecule has 34 heavy (non-hydrogen) atoms. The maximum Gasteiger partial charge on any atom is 0.240 e. The summed E-state index contributed by atoms with van der Waals surface area (Å²) >= 11 is 0. The highest BCUT2D eigenvalue weighted by Gasteiger charge is 2.20. The summed E-state index contributed by atoms with van der Waals surface area (Å²) in [6.07, 6.45) is 4.45. The lowest BCUT2D eigenvalue weighted by Gasteiger charge is -2.21. The van der Waals surface area contributed by atoms with Crippen molar-refractivity contribution in [3.63, 3.8) is 0 Å². The number of benzene rings is 1. The number of aryl methyl sites for hydroxylation is 1. The van der Waals surface area contributed by atoms with Crippen LogP contribution in [0.5, 0.6) is 5.88 Å². The minimum Gasteiger partial charge on any atom is -0.468 e. The second kappa shape index (κ2) is 8.80. The van der Waals surface area contributed by atoms with Gasteiger partial charge in [0.2, 0.25) is 11.7 Å². The minimum atomic E-state index is -0.211. The first-order valence-electron chi connectivity index (χ1n) is 11.1. The van der Waals surface area contributed by atoms with E-state index in [1.54, 1.807) is 28.6 Å². The maximum atomic E-state index is 5.99. The first-order valence-corrected chi connectivity index (χ1v) is 11.1. The Kier molecular flexibility index (Phi) is 5.35. The third-order valence-electron chi connectivity index (χ3n) is 5.55. The summed E-state index contributed by atoms with van der Waals surface area (Å²) in [5.74, 6) is 1.98. The molecule has 1 atom stereocenters. The molecule has 0 amide bonds. The van der Waals surface area contributed by atoms with Crippen LogP contribution in [0.3, 0.4) is 0 Å². The van der Waals surface area contributed by atoms with Crippen LogP contribution >= 0.6 is 0 Å². The summed E-state index contributed by atoms with van der Waals surface area (Å²) in [6.45, 7) is 1.16. The predicted molar refractivity (Wildman–Crippen MR) is 118 cm³/mol. The van der Waals surface area contributed by atoms with Gasteiger partial charge in [-0.3, -0.25) is 4.68 Å². The van der Waals surface area contributed by atoms with Crippen molar-refractivity contribution in [2.75, 3.05) is 6.61 Å². The zero-order valence-electron chi connectivity index (χ0n) is 18.5. The van der Waals surface area contributed by atoms with Crippen LogP contribution in [-0.4, -0.2) is 52.6 Å². The first-order chi connectivity index (χ1) is 16.7. The molecule has 0 saturated carbocycles. The summed E-state index contributed by atoms with van der Waals surface area (Å²) in [5, 5.41) is 23.4. The third kappa shape index (κ3) is 3.97. The summed E-state index contributed by atoms with van der Waals surface area (Å²) in [7, 11) is 1.80. The fourth-order valence-electron chi connectivity index (χ4n) is 3.91. The van der Waals surface area contributed by atoms with Gasteiger partial charge in [0.1, 0.15) is 12.9 Å². The lowest BCUT2D eigenvalue weighted by Crippen LogP contribution is -2.21. The first kappa shape index (κ1) is 20.7. The van der Waals surface area contributed by atoms with Crippen molar-refractivity contribution in [3.8, 4) is 17.4 Å². The van der Waals surface area contributed by atoms with Crippen molar-refractivity contribution in [3.05, 3.63) is 48.2 Å². The number of fused-ring (bicyclic) bond motifs is 3. The van der Waals surface area contributed by atoms with Crippen molar-refractivity contribution in [2.24, 2.45) is 7.05 Å². The van der Waals surface area contributed by atoms with E-state index in [-0.39, 0.29) is 19.5 Å². The quantitative estimate of drug-likeness (QED) is 0.356. The number of ether oxygens (including phenoxy) is 3. The van der Waals surface area contributed by atoms with Gasteiger partial charge in [0.05, 0.1) is 0 Å². The fraction of sp³-hybridized carbons (Fsp3) is 0.364. The number of hydrogen-bond donors (Lipinski definition) is 0. The summed E-state index contributed by atoms with van der Waals surface area (Å²) in [5.41, 5.74) is 1.08. The maximum absolute atomic E-state index is 5.99. The van der Waals surface area contributed by atoms with Gasteiger partial charge in [-0.05, 0) is 25.3 Å². The normalized spacial score (nSPS) is 16.4. The summed E-state index contributed by atoms with van der Waals surface area (Å²) < 4.78 is 26.1. The Morgan fingerprint density at radius 2 is 2.00 bits per heavy atom. The van der Waals surface area contributed by atoms with E-state index in [0.717, 1.165) is 36.6 Å². The predicted octanol–water partition coefficient (Wildman–Crippen LogP) is 2.68. The molecule has 12 nitrogen and oxygen atoms in total. The van der Waals surface area contributed by atoms with Crippen LogP contribution in [0.15, 0.2) is 41.2 Å². The molecule has 0 radical (unpaired) electrons. The Balaban J connectivity index is 1.30. The number of nitrogens with zero attached hydrogens (tertiary/aromatic N) is 8. The van der Waals surface area contributed by atoms with Gasteiger partial charge in [-0.1, -0.05) is 23.4 Å². The lowest BCUT2D eigenvalue weighted by molar-refractivity contribution is -0.171. The Morgan fingerprint density at radius 1 is 1.09 bits per heavy atom. The second-order valence-electron chi connectivity index (χ2n) is 8.02. The SMILES string of the molecule is Cn1cnc(COc2nn3c(-c4cc(COC5CCCCO5)on4)nnc3c3ccccc23)n1. The van der Waals surface area contributed by atoms with E-state index in [0.29, 0.717) is 34.6 Å². The number of hydrogen-bond acceptors (Lipinski definition) is 10. The molecule has 5 heterocycles. The molecular weight excluding hydrogens is 440 g/mol. The molecule has 1 unspecified atom stereocenters. The molecule has 4 aromatic heterocycles. The Hall–Kier alpha value is -3.90. The Labute approximate surface area is 193 Å². The zero-order chi connectivity index (χ0) is 22.9. The van der Waals surface area contributed by atoms with E-state index in [1.165, 1.54) is 0 Å². The fourth-order valence-corrected chi connectivity index (χ4v) is 3.91. The van der Waals surface area contributed by atoms with Gasteiger partial charge in [0.15, 0.2) is 35.8 Å². The molecule has 1 aromatic carbocycles. The molecule has 6 rings (SSSR count). The average molecular weight is 462 g/mol. The molecule has 1 fully saturated rings. The summed E-state index contributed by atoms with van der Waals surface area (Å²) in [6, 6.07) is 9.50. The van der Waals surface area contributed by atoms with Crippen molar-refractivity contribution in [1.82, 2.24) is 39.7 Å². The molecule has 1 saturated heterocycles. The number of aromatic nitrogens is 8. The van der Waals surface area contributed by atoms with Crippen LogP contribution in [-0.2, 0) is 29.7 Å². The monoisotopic (exact) mass is 462 g/mol. The van der Waals surface area contributed by atoms with Gasteiger partial charge in [0, 0.05) is 30.5 Å². The molecular formula is C22H22N8O4. The van der Waals surface area contributed by atoms with Crippen LogP contribution in [0.2, 0.25) is 0 Å². The van der Waals surface area contributed by atoms with Gasteiger partial charge in [-0.15, -0.1) is 15.3 Å². The second-order valence-corrected chi connectivity index (χ2v) is 8.02. The van der Waals surface area contributed by atoms with Gasteiger partial charge in [-0.2, -0.15) is 9.61 Å². The van der Waals surface area contributed by atoms with Crippen molar-refractivity contribution >= 4 is 16.4 Å². The van der Waals surface area contributed by atoms with Gasteiger partial charge < -0.3 is 18.7 Å². The van der Waals surface area contributed by atoms with Gasteiger partial charge >= 0.3 is 0 Å². The molecule has 0 bridgehead atoms. The molecule has 0 spiro atoms. The highest BCUT2D eigenvalue weighted by molar-refractivity contribution is 5.96. The minimum absolute atomic E-state index is 0.176. The molecule has 1 aliphatic heterocycles. The third-order valence-corrected chi connectivity index (χ3v) is 5.55. The Bertz CT molecular complexity index is 1440. The Morgan fingerprint density at radius 3 is 2.82 bits per heavy atom. The van der Waals surface area contributed by atoms with Crippen LogP contribution in [0.1, 0.15) is 30.8 Å². The van der Waals surface area contributed by atoms with Gasteiger partial charge in [0.25, 0.3) is 0 Å². The van der Waals surface area contributed by atoms with E-state index < -0.39 is 0 Å². The van der Waals surface area contributed by atoms with Crippen LogP contribution in [0.4, 0.5) is 0 Å². The van der Waals surface area contributed by atoms with E-state index in [9.17, 15) is 0 Å². The molecule has 12 heteroatoms. The topological polar surface area (TPSA) is 128 Å². The highest BCUT2D eigenvalue weighted by atomic mass is 16.7.